The van der Waals surface area contributed by atoms with Crippen LogP contribution in [-0.2, 0) is 21.3 Å². The van der Waals surface area contributed by atoms with Crippen LogP contribution in [0.2, 0.25) is 0 Å². The van der Waals surface area contributed by atoms with Crippen molar-refractivity contribution in [1.29, 1.82) is 0 Å². The molecule has 1 aromatic rings. The lowest BCUT2D eigenvalue weighted by molar-refractivity contribution is 0.0101. The second kappa shape index (κ2) is 7.31. The summed E-state index contributed by atoms with van der Waals surface area (Å²) in [7, 11) is -3.52. The lowest BCUT2D eigenvalue weighted by Crippen LogP contribution is -2.44. The van der Waals surface area contributed by atoms with Gasteiger partial charge in [-0.15, -0.1) is 0 Å². The van der Waals surface area contributed by atoms with Crippen LogP contribution in [-0.4, -0.2) is 50.1 Å². The van der Waals surface area contributed by atoms with E-state index in [1.807, 2.05) is 13.0 Å². The van der Waals surface area contributed by atoms with Gasteiger partial charge in [0, 0.05) is 25.8 Å². The van der Waals surface area contributed by atoms with Crippen LogP contribution in [0.1, 0.15) is 25.8 Å². The Hall–Kier alpha value is -1.02. The Morgan fingerprint density at radius 2 is 2.29 bits per heavy atom. The van der Waals surface area contributed by atoms with Gasteiger partial charge >= 0.3 is 0 Å². The second-order valence-corrected chi connectivity index (χ2v) is 7.11. The molecule has 1 aliphatic heterocycles. The second-order valence-electron chi connectivity index (χ2n) is 5.23. The Balaban J connectivity index is 2.06. The molecule has 1 unspecified atom stereocenters. The molecule has 0 amide bonds. The fourth-order valence-electron chi connectivity index (χ4n) is 2.21. The normalized spacial score (nSPS) is 20.6. The average molecular weight is 313 g/mol. The molecule has 7 heteroatoms. The number of ether oxygens (including phenoxy) is 1. The molecule has 2 heterocycles. The van der Waals surface area contributed by atoms with Crippen LogP contribution in [0.5, 0.6) is 0 Å². The van der Waals surface area contributed by atoms with E-state index >= 15 is 0 Å². The summed E-state index contributed by atoms with van der Waals surface area (Å²) in [6, 6.07) is 3.39. The Kier molecular flexibility index (Phi) is 5.69. The molecule has 118 valence electrons. The fraction of sp³-hybridized carbons (Fsp3) is 0.643. The van der Waals surface area contributed by atoms with Gasteiger partial charge in [-0.2, -0.15) is 4.31 Å². The van der Waals surface area contributed by atoms with Crippen molar-refractivity contribution in [3.63, 3.8) is 0 Å². The molecular formula is C14H23N3O3S. The summed E-state index contributed by atoms with van der Waals surface area (Å²) in [5.41, 5.74) is 0.984. The van der Waals surface area contributed by atoms with E-state index in [9.17, 15) is 8.42 Å². The summed E-state index contributed by atoms with van der Waals surface area (Å²) in [6.45, 7) is 6.81. The van der Waals surface area contributed by atoms with Crippen molar-refractivity contribution in [2.75, 3.05) is 26.2 Å². The number of nitrogens with one attached hydrogen (secondary N) is 1. The molecular weight excluding hydrogens is 290 g/mol. The van der Waals surface area contributed by atoms with Crippen molar-refractivity contribution in [3.05, 3.63) is 23.9 Å². The first-order valence-corrected chi connectivity index (χ1v) is 8.75. The fourth-order valence-corrected chi connectivity index (χ4v) is 3.63. The van der Waals surface area contributed by atoms with E-state index in [2.05, 4.69) is 17.2 Å². The van der Waals surface area contributed by atoms with Crippen LogP contribution in [0.3, 0.4) is 0 Å². The third-order valence-corrected chi connectivity index (χ3v) is 5.14. The number of hydrogen-bond acceptors (Lipinski definition) is 5. The van der Waals surface area contributed by atoms with Gasteiger partial charge in [-0.1, -0.05) is 13.0 Å². The highest BCUT2D eigenvalue weighted by molar-refractivity contribution is 7.89. The molecule has 1 aromatic heterocycles. The first-order valence-electron chi connectivity index (χ1n) is 7.31. The minimum Gasteiger partial charge on any atom is -0.376 e. The monoisotopic (exact) mass is 313 g/mol. The minimum absolute atomic E-state index is 0.0777. The van der Waals surface area contributed by atoms with Gasteiger partial charge in [0.15, 0.2) is 5.03 Å². The van der Waals surface area contributed by atoms with Crippen LogP contribution in [0.25, 0.3) is 0 Å². The van der Waals surface area contributed by atoms with Gasteiger partial charge in [0.25, 0.3) is 10.0 Å². The number of pyridine rings is 1. The maximum absolute atomic E-state index is 12.5. The van der Waals surface area contributed by atoms with Gasteiger partial charge in [0.05, 0.1) is 12.7 Å². The van der Waals surface area contributed by atoms with Crippen LogP contribution in [0.4, 0.5) is 0 Å². The smallest absolute Gasteiger partial charge is 0.260 e. The molecule has 1 N–H and O–H groups in total. The van der Waals surface area contributed by atoms with E-state index in [0.29, 0.717) is 26.2 Å². The van der Waals surface area contributed by atoms with Gasteiger partial charge < -0.3 is 10.1 Å². The predicted octanol–water partition coefficient (Wildman–Crippen LogP) is 0.991. The van der Waals surface area contributed by atoms with Crippen molar-refractivity contribution >= 4 is 10.0 Å². The molecule has 1 aliphatic rings. The van der Waals surface area contributed by atoms with Crippen molar-refractivity contribution in [1.82, 2.24) is 14.6 Å². The third kappa shape index (κ3) is 4.23. The first kappa shape index (κ1) is 16.4. The van der Waals surface area contributed by atoms with Crippen LogP contribution >= 0.6 is 0 Å². The molecule has 1 atom stereocenters. The number of rotatable bonds is 6. The molecule has 0 saturated carbocycles. The molecule has 0 spiro atoms. The predicted molar refractivity (Wildman–Crippen MR) is 80.4 cm³/mol. The van der Waals surface area contributed by atoms with E-state index in [4.69, 9.17) is 4.74 Å². The molecule has 0 bridgehead atoms. The number of nitrogens with zero attached hydrogens (tertiary/aromatic N) is 2. The number of aromatic nitrogens is 1. The van der Waals surface area contributed by atoms with Crippen LogP contribution < -0.4 is 5.32 Å². The van der Waals surface area contributed by atoms with Gasteiger partial charge in [0.1, 0.15) is 0 Å². The lowest BCUT2D eigenvalue weighted by atomic mass is 10.3. The van der Waals surface area contributed by atoms with E-state index < -0.39 is 10.0 Å². The number of sulfonamides is 1. The standard InChI is InChI=1S/C14H23N3O3S/c1-3-6-15-9-13-4-5-14(16-10-13)21(18,19)17-7-8-20-12(2)11-17/h4-5,10,12,15H,3,6-9,11H2,1-2H3. The third-order valence-electron chi connectivity index (χ3n) is 3.36. The maximum atomic E-state index is 12.5. The molecule has 1 fully saturated rings. The highest BCUT2D eigenvalue weighted by atomic mass is 32.2. The Morgan fingerprint density at radius 1 is 1.48 bits per heavy atom. The minimum atomic E-state index is -3.52. The van der Waals surface area contributed by atoms with Gasteiger partial charge in [-0.3, -0.25) is 0 Å². The molecule has 0 radical (unpaired) electrons. The van der Waals surface area contributed by atoms with Crippen LogP contribution in [0, 0.1) is 0 Å². The zero-order valence-electron chi connectivity index (χ0n) is 12.6. The summed E-state index contributed by atoms with van der Waals surface area (Å²) in [5, 5.41) is 3.37. The summed E-state index contributed by atoms with van der Waals surface area (Å²) in [5.74, 6) is 0. The van der Waals surface area contributed by atoms with Gasteiger partial charge in [-0.25, -0.2) is 13.4 Å². The average Bonchev–Trinajstić information content (AvgIpc) is 2.48. The Bertz CT molecular complexity index is 545. The van der Waals surface area contributed by atoms with E-state index in [-0.39, 0.29) is 11.1 Å². The molecule has 21 heavy (non-hydrogen) atoms. The van der Waals surface area contributed by atoms with Crippen LogP contribution in [0.15, 0.2) is 23.4 Å². The van der Waals surface area contributed by atoms with Crippen molar-refractivity contribution in [2.24, 2.45) is 0 Å². The first-order chi connectivity index (χ1) is 10.0. The molecule has 0 aliphatic carbocycles. The molecule has 0 aromatic carbocycles. The topological polar surface area (TPSA) is 71.5 Å². The molecule has 6 nitrogen and oxygen atoms in total. The Labute approximate surface area is 126 Å². The van der Waals surface area contributed by atoms with Crippen molar-refractivity contribution in [2.45, 2.75) is 37.9 Å². The summed E-state index contributed by atoms with van der Waals surface area (Å²) in [6.07, 6.45) is 2.61. The number of hydrogen-bond donors (Lipinski definition) is 1. The van der Waals surface area contributed by atoms with E-state index in [1.54, 1.807) is 12.3 Å². The van der Waals surface area contributed by atoms with E-state index in [1.165, 1.54) is 4.31 Å². The van der Waals surface area contributed by atoms with Gasteiger partial charge in [0.2, 0.25) is 0 Å². The summed E-state index contributed by atoms with van der Waals surface area (Å²) in [4.78, 5) is 4.12. The van der Waals surface area contributed by atoms with Crippen molar-refractivity contribution in [3.8, 4) is 0 Å². The number of morpholine rings is 1. The maximum Gasteiger partial charge on any atom is 0.260 e. The largest absolute Gasteiger partial charge is 0.376 e. The molecule has 1 saturated heterocycles. The SMILES string of the molecule is CCCNCc1ccc(S(=O)(=O)N2CCOC(C)C2)nc1. The zero-order chi connectivity index (χ0) is 15.3. The highest BCUT2D eigenvalue weighted by Gasteiger charge is 2.29. The van der Waals surface area contributed by atoms with E-state index in [0.717, 1.165) is 18.5 Å². The summed E-state index contributed by atoms with van der Waals surface area (Å²) < 4.78 is 31.8. The Morgan fingerprint density at radius 3 is 2.90 bits per heavy atom. The zero-order valence-corrected chi connectivity index (χ0v) is 13.4. The van der Waals surface area contributed by atoms with Crippen molar-refractivity contribution < 1.29 is 13.2 Å². The summed E-state index contributed by atoms with van der Waals surface area (Å²) >= 11 is 0. The quantitative estimate of drug-likeness (QED) is 0.793. The lowest BCUT2D eigenvalue weighted by Gasteiger charge is -2.29. The highest BCUT2D eigenvalue weighted by Crippen LogP contribution is 2.17. The molecule has 2 rings (SSSR count). The van der Waals surface area contributed by atoms with Gasteiger partial charge in [-0.05, 0) is 31.5 Å².